The van der Waals surface area contributed by atoms with Gasteiger partial charge in [-0.05, 0) is 71.8 Å². The van der Waals surface area contributed by atoms with Gasteiger partial charge < -0.3 is 14.4 Å². The number of hydrogen-bond acceptors (Lipinski definition) is 3. The fourth-order valence-corrected chi connectivity index (χ4v) is 3.72. The molecule has 0 aliphatic rings. The molecule has 0 aliphatic carbocycles. The summed E-state index contributed by atoms with van der Waals surface area (Å²) in [5, 5.41) is 10.4. The maximum atomic E-state index is 13.1. The third kappa shape index (κ3) is 3.96. The van der Waals surface area contributed by atoms with E-state index in [1.54, 1.807) is 53.2 Å². The second-order valence-electron chi connectivity index (χ2n) is 7.49. The Morgan fingerprint density at radius 2 is 1.65 bits per heavy atom. The van der Waals surface area contributed by atoms with Gasteiger partial charge in [0.05, 0.1) is 6.57 Å². The van der Waals surface area contributed by atoms with Crippen LogP contribution in [0, 0.1) is 12.4 Å². The Morgan fingerprint density at radius 1 is 0.941 bits per heavy atom. The summed E-state index contributed by atoms with van der Waals surface area (Å²) >= 11 is 0. The molecule has 2 aromatic heterocycles. The van der Waals surface area contributed by atoms with Crippen LogP contribution >= 0.6 is 0 Å². The van der Waals surface area contributed by atoms with Crippen molar-refractivity contribution in [2.75, 3.05) is 0 Å². The number of benzene rings is 3. The maximum Gasteiger partial charge on any atom is 0.354 e. The van der Waals surface area contributed by atoms with Crippen LogP contribution in [0.25, 0.3) is 32.7 Å². The number of carbonyl (C=O) groups is 1. The van der Waals surface area contributed by atoms with E-state index in [0.29, 0.717) is 28.6 Å². The number of carboxylic acids is 1. The third-order valence-electron chi connectivity index (χ3n) is 5.35. The number of ether oxygens (including phenoxy) is 1. The van der Waals surface area contributed by atoms with Crippen molar-refractivity contribution in [2.45, 2.75) is 0 Å². The minimum absolute atomic E-state index is 0.0951. The van der Waals surface area contributed by atoms with Gasteiger partial charge in [0.15, 0.2) is 11.4 Å². The normalized spacial score (nSPS) is 10.7. The first-order chi connectivity index (χ1) is 16.5. The predicted molar refractivity (Wildman–Crippen MR) is 126 cm³/mol. The fraction of sp³-hybridized carbons (Fsp3) is 0. The second kappa shape index (κ2) is 8.52. The van der Waals surface area contributed by atoms with Gasteiger partial charge in [0.1, 0.15) is 23.1 Å². The lowest BCUT2D eigenvalue weighted by Gasteiger charge is -2.11. The standard InChI is InChI=1S/C27H16FN3O3/c1-29-23-3-2-4-25-22(23)13-14-31(25)26-16-18(15-24(30-26)27(32)33)17-5-9-20(10-6-17)34-21-11-7-19(28)8-12-21/h2-16H,(H,32,33). The molecule has 0 radical (unpaired) electrons. The molecule has 0 saturated heterocycles. The van der Waals surface area contributed by atoms with Crippen LogP contribution in [0.4, 0.5) is 10.1 Å². The zero-order valence-corrected chi connectivity index (χ0v) is 17.6. The number of halogens is 1. The highest BCUT2D eigenvalue weighted by Gasteiger charge is 2.14. The van der Waals surface area contributed by atoms with Crippen molar-refractivity contribution >= 4 is 22.6 Å². The topological polar surface area (TPSA) is 68.7 Å². The Morgan fingerprint density at radius 3 is 2.32 bits per heavy atom. The summed E-state index contributed by atoms with van der Waals surface area (Å²) in [5.74, 6) is 0.0144. The molecule has 5 rings (SSSR count). The van der Waals surface area contributed by atoms with E-state index in [1.807, 2.05) is 24.3 Å². The van der Waals surface area contributed by atoms with Gasteiger partial charge in [0.25, 0.3) is 0 Å². The molecule has 2 heterocycles. The van der Waals surface area contributed by atoms with Gasteiger partial charge in [0, 0.05) is 17.1 Å². The van der Waals surface area contributed by atoms with Crippen molar-refractivity contribution in [2.24, 2.45) is 0 Å². The molecule has 0 spiro atoms. The van der Waals surface area contributed by atoms with Gasteiger partial charge in [-0.3, -0.25) is 0 Å². The number of aromatic carboxylic acids is 1. The van der Waals surface area contributed by atoms with Crippen molar-refractivity contribution in [1.82, 2.24) is 9.55 Å². The highest BCUT2D eigenvalue weighted by molar-refractivity contribution is 5.94. The second-order valence-corrected chi connectivity index (χ2v) is 7.49. The van der Waals surface area contributed by atoms with E-state index in [0.717, 1.165) is 16.5 Å². The molecule has 7 heteroatoms. The molecule has 0 aliphatic heterocycles. The van der Waals surface area contributed by atoms with E-state index in [4.69, 9.17) is 11.3 Å². The molecule has 164 valence electrons. The number of rotatable bonds is 5. The molecule has 1 N–H and O–H groups in total. The first-order valence-electron chi connectivity index (χ1n) is 10.3. The lowest BCUT2D eigenvalue weighted by Crippen LogP contribution is -2.05. The van der Waals surface area contributed by atoms with E-state index in [1.165, 1.54) is 18.2 Å². The lowest BCUT2D eigenvalue weighted by molar-refractivity contribution is 0.0690. The van der Waals surface area contributed by atoms with Crippen LogP contribution in [0.3, 0.4) is 0 Å². The molecule has 6 nitrogen and oxygen atoms in total. The summed E-state index contributed by atoms with van der Waals surface area (Å²) in [7, 11) is 0. The van der Waals surface area contributed by atoms with E-state index in [9.17, 15) is 14.3 Å². The molecule has 5 aromatic rings. The molecular weight excluding hydrogens is 433 g/mol. The number of carboxylic acid groups (broad SMARTS) is 1. The van der Waals surface area contributed by atoms with Crippen molar-refractivity contribution in [3.8, 4) is 28.4 Å². The summed E-state index contributed by atoms with van der Waals surface area (Å²) in [6.45, 7) is 7.37. The number of fused-ring (bicyclic) bond motifs is 1. The predicted octanol–water partition coefficient (Wildman–Crippen LogP) is 6.87. The minimum atomic E-state index is -1.14. The molecule has 3 aromatic carbocycles. The van der Waals surface area contributed by atoms with Crippen molar-refractivity contribution < 1.29 is 19.0 Å². The molecule has 0 saturated carbocycles. The van der Waals surface area contributed by atoms with Crippen LogP contribution in [0.5, 0.6) is 11.5 Å². The summed E-state index contributed by atoms with van der Waals surface area (Å²) in [4.78, 5) is 19.7. The number of hydrogen-bond donors (Lipinski definition) is 1. The van der Waals surface area contributed by atoms with Crippen LogP contribution in [0.15, 0.2) is 91.1 Å². The van der Waals surface area contributed by atoms with E-state index in [2.05, 4.69) is 9.83 Å². The molecule has 0 unspecified atom stereocenters. The SMILES string of the molecule is [C-]#[N+]c1cccc2c1ccn2-c1cc(-c2ccc(Oc3ccc(F)cc3)cc2)cc(C(=O)O)n1. The van der Waals surface area contributed by atoms with Gasteiger partial charge in [-0.2, -0.15) is 0 Å². The average molecular weight is 449 g/mol. The number of aromatic nitrogens is 2. The van der Waals surface area contributed by atoms with Crippen molar-refractivity contribution in [3.63, 3.8) is 0 Å². The summed E-state index contributed by atoms with van der Waals surface area (Å²) in [5.41, 5.74) is 2.62. The third-order valence-corrected chi connectivity index (χ3v) is 5.35. The van der Waals surface area contributed by atoms with Gasteiger partial charge in [0.2, 0.25) is 0 Å². The van der Waals surface area contributed by atoms with Crippen LogP contribution in [-0.4, -0.2) is 20.6 Å². The number of pyridine rings is 1. The summed E-state index contributed by atoms with van der Waals surface area (Å²) in [6.07, 6.45) is 1.77. The smallest absolute Gasteiger partial charge is 0.354 e. The summed E-state index contributed by atoms with van der Waals surface area (Å²) < 4.78 is 20.6. The first-order valence-corrected chi connectivity index (χ1v) is 10.3. The Bertz CT molecular complexity index is 1570. The van der Waals surface area contributed by atoms with Gasteiger partial charge in [-0.25, -0.2) is 19.0 Å². The van der Waals surface area contributed by atoms with Crippen molar-refractivity contribution in [3.05, 3.63) is 114 Å². The molecule has 34 heavy (non-hydrogen) atoms. The number of nitrogens with zero attached hydrogens (tertiary/aromatic N) is 3. The van der Waals surface area contributed by atoms with E-state index in [-0.39, 0.29) is 11.5 Å². The Labute approximate surface area is 193 Å². The average Bonchev–Trinajstić information content (AvgIpc) is 3.30. The molecular formula is C27H16FN3O3. The van der Waals surface area contributed by atoms with Crippen LogP contribution in [0.2, 0.25) is 0 Å². The van der Waals surface area contributed by atoms with E-state index < -0.39 is 5.97 Å². The Balaban J connectivity index is 1.53. The highest BCUT2D eigenvalue weighted by atomic mass is 19.1. The van der Waals surface area contributed by atoms with Gasteiger partial charge in [-0.1, -0.05) is 24.3 Å². The van der Waals surface area contributed by atoms with Crippen molar-refractivity contribution in [1.29, 1.82) is 0 Å². The summed E-state index contributed by atoms with van der Waals surface area (Å²) in [6, 6.07) is 23.4. The molecule has 0 fully saturated rings. The van der Waals surface area contributed by atoms with Crippen LogP contribution in [-0.2, 0) is 0 Å². The van der Waals surface area contributed by atoms with Gasteiger partial charge in [-0.15, -0.1) is 0 Å². The minimum Gasteiger partial charge on any atom is -0.477 e. The molecule has 0 amide bonds. The lowest BCUT2D eigenvalue weighted by atomic mass is 10.1. The Kier molecular flexibility index (Phi) is 5.24. The largest absolute Gasteiger partial charge is 0.477 e. The monoisotopic (exact) mass is 449 g/mol. The van der Waals surface area contributed by atoms with E-state index >= 15 is 0 Å². The molecule has 0 atom stereocenters. The fourth-order valence-electron chi connectivity index (χ4n) is 3.72. The van der Waals surface area contributed by atoms with Crippen LogP contribution in [0.1, 0.15) is 10.5 Å². The first kappa shape index (κ1) is 20.9. The Hall–Kier alpha value is -4.96. The maximum absolute atomic E-state index is 13.1. The molecule has 0 bridgehead atoms. The van der Waals surface area contributed by atoms with Gasteiger partial charge >= 0.3 is 5.97 Å². The highest BCUT2D eigenvalue weighted by Crippen LogP contribution is 2.31. The zero-order valence-electron chi connectivity index (χ0n) is 17.6. The van der Waals surface area contributed by atoms with Crippen LogP contribution < -0.4 is 4.74 Å². The zero-order chi connectivity index (χ0) is 23.7. The quantitative estimate of drug-likeness (QED) is 0.297.